The fourth-order valence-electron chi connectivity index (χ4n) is 6.88. The molecule has 2 fully saturated rings. The van der Waals surface area contributed by atoms with Crippen molar-refractivity contribution in [1.29, 1.82) is 0 Å². The summed E-state index contributed by atoms with van der Waals surface area (Å²) >= 11 is 6.03. The molecule has 2 aromatic carbocycles. The molecule has 0 spiro atoms. The van der Waals surface area contributed by atoms with E-state index in [1.54, 1.807) is 12.1 Å². The number of likely N-dealkylation sites (tertiary alicyclic amines) is 1. The molecule has 0 radical (unpaired) electrons. The molecule has 3 aliphatic rings. The molecule has 40 heavy (non-hydrogen) atoms. The number of fused-ring (bicyclic) bond motifs is 1. The van der Waals surface area contributed by atoms with Crippen LogP contribution >= 0.6 is 11.6 Å². The van der Waals surface area contributed by atoms with Gasteiger partial charge in [0.2, 0.25) is 5.91 Å². The number of hydrogen-bond donors (Lipinski definition) is 1. The summed E-state index contributed by atoms with van der Waals surface area (Å²) in [5, 5.41) is 10.5. The third-order valence-electron chi connectivity index (χ3n) is 9.21. The van der Waals surface area contributed by atoms with Crippen LogP contribution in [-0.2, 0) is 28.9 Å². The summed E-state index contributed by atoms with van der Waals surface area (Å²) in [6.07, 6.45) is 3.78. The van der Waals surface area contributed by atoms with Crippen molar-refractivity contribution in [3.05, 3.63) is 69.5 Å². The van der Waals surface area contributed by atoms with Crippen LogP contribution in [0.5, 0.6) is 0 Å². The quantitative estimate of drug-likeness (QED) is 0.530. The van der Waals surface area contributed by atoms with Crippen LogP contribution in [0.15, 0.2) is 36.4 Å². The molecule has 4 atom stereocenters. The van der Waals surface area contributed by atoms with E-state index in [1.807, 2.05) is 16.7 Å². The normalized spacial score (nSPS) is 24.8. The van der Waals surface area contributed by atoms with E-state index in [9.17, 15) is 14.7 Å². The van der Waals surface area contributed by atoms with Crippen LogP contribution in [0, 0.1) is 11.7 Å². The monoisotopic (exact) mass is 569 g/mol. The minimum Gasteiger partial charge on any atom is -0.480 e. The second-order valence-electron chi connectivity index (χ2n) is 12.8. The van der Waals surface area contributed by atoms with Crippen LogP contribution in [0.4, 0.5) is 4.39 Å². The molecule has 2 aliphatic heterocycles. The second kappa shape index (κ2) is 11.4. The molecular weight excluding hydrogens is 529 g/mol. The van der Waals surface area contributed by atoms with Crippen molar-refractivity contribution in [1.82, 2.24) is 14.7 Å². The van der Waals surface area contributed by atoms with Gasteiger partial charge in [-0.05, 0) is 87.8 Å². The number of carboxylic acids is 1. The van der Waals surface area contributed by atoms with Gasteiger partial charge in [-0.25, -0.2) is 4.39 Å². The Morgan fingerprint density at radius 1 is 1.05 bits per heavy atom. The summed E-state index contributed by atoms with van der Waals surface area (Å²) < 4.78 is 15.1. The minimum atomic E-state index is -0.831. The van der Waals surface area contributed by atoms with Crippen molar-refractivity contribution < 1.29 is 19.1 Å². The molecule has 2 heterocycles. The SMILES string of the molecule is C[C@H]1CN([C@@H](Cc2ccc3c(c2)CCC3)C(=O)O)CCN1C(=O)[C@@H]1CN(C(C)(C)C)C[C@H]1c1ccc(Cl)cc1F. The van der Waals surface area contributed by atoms with Gasteiger partial charge >= 0.3 is 5.97 Å². The van der Waals surface area contributed by atoms with Gasteiger partial charge in [0.15, 0.2) is 0 Å². The van der Waals surface area contributed by atoms with E-state index >= 15 is 4.39 Å². The number of hydrogen-bond acceptors (Lipinski definition) is 4. The molecule has 0 bridgehead atoms. The predicted octanol–water partition coefficient (Wildman–Crippen LogP) is 5.01. The number of benzene rings is 2. The highest BCUT2D eigenvalue weighted by molar-refractivity contribution is 6.30. The van der Waals surface area contributed by atoms with Crippen LogP contribution in [0.3, 0.4) is 0 Å². The number of halogens is 2. The lowest BCUT2D eigenvalue weighted by molar-refractivity contribution is -0.147. The standard InChI is InChI=1S/C32H41ClFN3O3/c1-20-17-35(29(31(39)40)15-21-8-9-22-6-5-7-23(22)14-21)12-13-37(20)30(38)27-19-36(32(2,3)4)18-26(27)25-11-10-24(33)16-28(25)34/h8-11,14,16,20,26-27,29H,5-7,12-13,15,17-19H2,1-4H3,(H,39,40)/t20-,26-,27+,29-/m0/s1. The summed E-state index contributed by atoms with van der Waals surface area (Å²) in [6.45, 7) is 10.9. The first-order valence-corrected chi connectivity index (χ1v) is 14.9. The third kappa shape index (κ3) is 5.93. The molecule has 2 aromatic rings. The van der Waals surface area contributed by atoms with Gasteiger partial charge in [0.25, 0.3) is 0 Å². The number of rotatable bonds is 6. The fraction of sp³-hybridized carbons (Fsp3) is 0.562. The second-order valence-corrected chi connectivity index (χ2v) is 13.3. The Bertz CT molecular complexity index is 1280. The van der Waals surface area contributed by atoms with Crippen molar-refractivity contribution in [3.8, 4) is 0 Å². The zero-order valence-electron chi connectivity index (χ0n) is 24.0. The smallest absolute Gasteiger partial charge is 0.321 e. The summed E-state index contributed by atoms with van der Waals surface area (Å²) in [7, 11) is 0. The molecule has 5 rings (SSSR count). The van der Waals surface area contributed by atoms with Gasteiger partial charge in [-0.2, -0.15) is 0 Å². The van der Waals surface area contributed by atoms with E-state index in [1.165, 1.54) is 17.2 Å². The van der Waals surface area contributed by atoms with Gasteiger partial charge < -0.3 is 10.0 Å². The minimum absolute atomic E-state index is 0.0174. The molecule has 0 unspecified atom stereocenters. The number of amides is 1. The Hall–Kier alpha value is -2.48. The maximum absolute atomic E-state index is 15.1. The van der Waals surface area contributed by atoms with Gasteiger partial charge in [-0.3, -0.25) is 19.4 Å². The first-order chi connectivity index (χ1) is 18.9. The maximum atomic E-state index is 15.1. The zero-order chi connectivity index (χ0) is 28.8. The van der Waals surface area contributed by atoms with Gasteiger partial charge in [0.1, 0.15) is 11.9 Å². The molecule has 0 saturated carbocycles. The van der Waals surface area contributed by atoms with Crippen molar-refractivity contribution in [2.24, 2.45) is 5.92 Å². The number of carbonyl (C=O) groups excluding carboxylic acids is 1. The van der Waals surface area contributed by atoms with Crippen LogP contribution in [0.1, 0.15) is 62.3 Å². The lowest BCUT2D eigenvalue weighted by Gasteiger charge is -2.43. The zero-order valence-corrected chi connectivity index (χ0v) is 24.8. The largest absolute Gasteiger partial charge is 0.480 e. The first-order valence-electron chi connectivity index (χ1n) is 14.5. The van der Waals surface area contributed by atoms with Crippen molar-refractivity contribution in [2.75, 3.05) is 32.7 Å². The van der Waals surface area contributed by atoms with Gasteiger partial charge in [0.05, 0.1) is 5.92 Å². The lowest BCUT2D eigenvalue weighted by atomic mass is 9.87. The number of piperazine rings is 1. The number of aliphatic carboxylic acids is 1. The summed E-state index contributed by atoms with van der Waals surface area (Å²) in [5.74, 6) is -1.85. The van der Waals surface area contributed by atoms with E-state index in [2.05, 4.69) is 43.9 Å². The highest BCUT2D eigenvalue weighted by Crippen LogP contribution is 2.39. The van der Waals surface area contributed by atoms with E-state index in [-0.39, 0.29) is 35.1 Å². The van der Waals surface area contributed by atoms with Crippen molar-refractivity contribution in [3.63, 3.8) is 0 Å². The molecule has 8 heteroatoms. The van der Waals surface area contributed by atoms with Crippen LogP contribution < -0.4 is 0 Å². The van der Waals surface area contributed by atoms with E-state index in [0.717, 1.165) is 24.8 Å². The number of carboxylic acid groups (broad SMARTS) is 1. The molecule has 1 N–H and O–H groups in total. The molecule has 2 saturated heterocycles. The highest BCUT2D eigenvalue weighted by atomic mass is 35.5. The Balaban J connectivity index is 1.31. The summed E-state index contributed by atoms with van der Waals surface area (Å²) in [5.41, 5.74) is 4.15. The predicted molar refractivity (Wildman–Crippen MR) is 155 cm³/mol. The fourth-order valence-corrected chi connectivity index (χ4v) is 7.04. The summed E-state index contributed by atoms with van der Waals surface area (Å²) in [4.78, 5) is 32.6. The molecule has 0 aromatic heterocycles. The average molecular weight is 570 g/mol. The van der Waals surface area contributed by atoms with Crippen LogP contribution in [-0.4, -0.2) is 82.0 Å². The van der Waals surface area contributed by atoms with Crippen molar-refractivity contribution >= 4 is 23.5 Å². The van der Waals surface area contributed by atoms with E-state index in [4.69, 9.17) is 11.6 Å². The Labute approximate surface area is 242 Å². The topological polar surface area (TPSA) is 64.1 Å². The average Bonchev–Trinajstić information content (AvgIpc) is 3.54. The molecular formula is C32H41ClFN3O3. The number of carbonyl (C=O) groups is 2. The highest BCUT2D eigenvalue weighted by Gasteiger charge is 2.46. The Kier molecular flexibility index (Phi) is 8.29. The molecule has 6 nitrogen and oxygen atoms in total. The van der Waals surface area contributed by atoms with E-state index in [0.29, 0.717) is 49.7 Å². The first kappa shape index (κ1) is 29.0. The van der Waals surface area contributed by atoms with Gasteiger partial charge in [-0.1, -0.05) is 35.9 Å². The van der Waals surface area contributed by atoms with Gasteiger partial charge in [-0.15, -0.1) is 0 Å². The van der Waals surface area contributed by atoms with Crippen molar-refractivity contribution in [2.45, 2.75) is 76.9 Å². The van der Waals surface area contributed by atoms with Crippen LogP contribution in [0.2, 0.25) is 5.02 Å². The van der Waals surface area contributed by atoms with Crippen LogP contribution in [0.25, 0.3) is 0 Å². The molecule has 1 amide bonds. The van der Waals surface area contributed by atoms with E-state index < -0.39 is 12.0 Å². The maximum Gasteiger partial charge on any atom is 0.321 e. The number of nitrogens with zero attached hydrogens (tertiary/aromatic N) is 3. The van der Waals surface area contributed by atoms with Gasteiger partial charge in [0, 0.05) is 55.2 Å². The lowest BCUT2D eigenvalue weighted by Crippen LogP contribution is -2.59. The molecule has 216 valence electrons. The Morgan fingerprint density at radius 2 is 1.80 bits per heavy atom. The third-order valence-corrected chi connectivity index (χ3v) is 9.44. The Morgan fingerprint density at radius 3 is 2.48 bits per heavy atom. The summed E-state index contributed by atoms with van der Waals surface area (Å²) in [6, 6.07) is 10.3. The number of aryl methyl sites for hydroxylation is 2. The molecule has 1 aliphatic carbocycles.